The van der Waals surface area contributed by atoms with Crippen LogP contribution in [0, 0.1) is 17.5 Å². The van der Waals surface area contributed by atoms with Crippen LogP contribution in [0.4, 0.5) is 23.7 Å². The number of benzene rings is 1. The van der Waals surface area contributed by atoms with Crippen LogP contribution in [-0.2, 0) is 0 Å². The first-order valence-electron chi connectivity index (χ1n) is 5.80. The van der Waals surface area contributed by atoms with Crippen molar-refractivity contribution in [3.05, 3.63) is 29.6 Å². The highest BCUT2D eigenvalue weighted by Crippen LogP contribution is 2.19. The Balaban J connectivity index is 2.68. The summed E-state index contributed by atoms with van der Waals surface area (Å²) in [4.78, 5) is 11.6. The second-order valence-electron chi connectivity index (χ2n) is 3.99. The standard InChI is InChI=1S/C12H15F3N2O2S/c1-20-6-7(4-5-18)16-12(19)17-9-3-2-8(13)10(14)11(9)15/h2-3,7,18H,4-6H2,1H3,(H2,16,17,19). The van der Waals surface area contributed by atoms with E-state index >= 15 is 0 Å². The smallest absolute Gasteiger partial charge is 0.319 e. The number of thioether (sulfide) groups is 1. The number of aliphatic hydroxyl groups excluding tert-OH is 1. The van der Waals surface area contributed by atoms with E-state index in [0.29, 0.717) is 12.2 Å². The Hall–Kier alpha value is -1.41. The largest absolute Gasteiger partial charge is 0.396 e. The minimum Gasteiger partial charge on any atom is -0.396 e. The first-order chi connectivity index (χ1) is 9.49. The molecule has 1 atom stereocenters. The van der Waals surface area contributed by atoms with Crippen LogP contribution in [0.3, 0.4) is 0 Å². The van der Waals surface area contributed by atoms with E-state index in [2.05, 4.69) is 10.6 Å². The van der Waals surface area contributed by atoms with Crippen molar-refractivity contribution in [3.63, 3.8) is 0 Å². The van der Waals surface area contributed by atoms with Crippen molar-refractivity contribution in [1.82, 2.24) is 5.32 Å². The molecule has 0 saturated carbocycles. The Bertz CT molecular complexity index is 468. The number of carbonyl (C=O) groups is 1. The van der Waals surface area contributed by atoms with Crippen molar-refractivity contribution >= 4 is 23.5 Å². The molecule has 0 bridgehead atoms. The van der Waals surface area contributed by atoms with Crippen LogP contribution >= 0.6 is 11.8 Å². The van der Waals surface area contributed by atoms with Crippen molar-refractivity contribution in [2.45, 2.75) is 12.5 Å². The van der Waals surface area contributed by atoms with Gasteiger partial charge in [-0.05, 0) is 24.8 Å². The molecule has 0 radical (unpaired) electrons. The molecular formula is C12H15F3N2O2S. The van der Waals surface area contributed by atoms with E-state index < -0.39 is 29.2 Å². The zero-order valence-electron chi connectivity index (χ0n) is 10.8. The van der Waals surface area contributed by atoms with Crippen molar-refractivity contribution in [1.29, 1.82) is 0 Å². The van der Waals surface area contributed by atoms with Crippen LogP contribution < -0.4 is 10.6 Å². The normalized spacial score (nSPS) is 12.1. The van der Waals surface area contributed by atoms with E-state index in [-0.39, 0.29) is 12.6 Å². The molecular weight excluding hydrogens is 293 g/mol. The van der Waals surface area contributed by atoms with Gasteiger partial charge in [-0.1, -0.05) is 0 Å². The summed E-state index contributed by atoms with van der Waals surface area (Å²) in [6.07, 6.45) is 2.17. The topological polar surface area (TPSA) is 61.4 Å². The average molecular weight is 308 g/mol. The lowest BCUT2D eigenvalue weighted by molar-refractivity contribution is 0.241. The molecule has 4 nitrogen and oxygen atoms in total. The van der Waals surface area contributed by atoms with Gasteiger partial charge in [0.05, 0.1) is 5.69 Å². The number of hydrogen-bond donors (Lipinski definition) is 3. The maximum atomic E-state index is 13.4. The van der Waals surface area contributed by atoms with Crippen molar-refractivity contribution in [2.24, 2.45) is 0 Å². The summed E-state index contributed by atoms with van der Waals surface area (Å²) in [5, 5.41) is 13.5. The van der Waals surface area contributed by atoms with Gasteiger partial charge in [0, 0.05) is 18.4 Å². The fraction of sp³-hybridized carbons (Fsp3) is 0.417. The molecule has 1 aromatic rings. The number of anilines is 1. The highest BCUT2D eigenvalue weighted by atomic mass is 32.2. The second kappa shape index (κ2) is 8.01. The molecule has 0 aromatic heterocycles. The summed E-state index contributed by atoms with van der Waals surface area (Å²) < 4.78 is 39.1. The number of amides is 2. The SMILES string of the molecule is CSCC(CCO)NC(=O)Nc1ccc(F)c(F)c1F. The molecule has 1 aromatic carbocycles. The molecule has 0 aliphatic heterocycles. The molecule has 1 rings (SSSR count). The lowest BCUT2D eigenvalue weighted by atomic mass is 10.2. The zero-order valence-corrected chi connectivity index (χ0v) is 11.6. The predicted molar refractivity (Wildman–Crippen MR) is 72.3 cm³/mol. The Morgan fingerprint density at radius 2 is 2.05 bits per heavy atom. The van der Waals surface area contributed by atoms with Gasteiger partial charge in [0.1, 0.15) is 0 Å². The molecule has 8 heteroatoms. The molecule has 2 amide bonds. The van der Waals surface area contributed by atoms with E-state index in [1.165, 1.54) is 11.8 Å². The summed E-state index contributed by atoms with van der Waals surface area (Å²) in [5.41, 5.74) is -0.451. The molecule has 20 heavy (non-hydrogen) atoms. The third kappa shape index (κ3) is 4.61. The van der Waals surface area contributed by atoms with Crippen LogP contribution in [0.5, 0.6) is 0 Å². The second-order valence-corrected chi connectivity index (χ2v) is 4.90. The van der Waals surface area contributed by atoms with Gasteiger partial charge in [-0.15, -0.1) is 0 Å². The number of aliphatic hydroxyl groups is 1. The van der Waals surface area contributed by atoms with Crippen LogP contribution in [0.1, 0.15) is 6.42 Å². The lowest BCUT2D eigenvalue weighted by Crippen LogP contribution is -2.40. The van der Waals surface area contributed by atoms with Crippen molar-refractivity contribution in [3.8, 4) is 0 Å². The molecule has 0 spiro atoms. The van der Waals surface area contributed by atoms with Gasteiger partial charge in [-0.3, -0.25) is 0 Å². The van der Waals surface area contributed by atoms with Crippen LogP contribution in [0.25, 0.3) is 0 Å². The number of rotatable bonds is 6. The molecule has 112 valence electrons. The molecule has 0 aliphatic carbocycles. The van der Waals surface area contributed by atoms with Crippen LogP contribution in [-0.4, -0.2) is 35.8 Å². The minimum absolute atomic E-state index is 0.106. The highest BCUT2D eigenvalue weighted by Gasteiger charge is 2.16. The molecule has 0 fully saturated rings. The maximum absolute atomic E-state index is 13.4. The van der Waals surface area contributed by atoms with Crippen LogP contribution in [0.15, 0.2) is 12.1 Å². The average Bonchev–Trinajstić information content (AvgIpc) is 2.40. The van der Waals surface area contributed by atoms with E-state index in [1.807, 2.05) is 6.26 Å². The Morgan fingerprint density at radius 3 is 2.65 bits per heavy atom. The number of urea groups is 1. The number of hydrogen-bond acceptors (Lipinski definition) is 3. The summed E-state index contributed by atoms with van der Waals surface area (Å²) in [6, 6.07) is 0.607. The van der Waals surface area contributed by atoms with Crippen molar-refractivity contribution < 1.29 is 23.1 Å². The van der Waals surface area contributed by atoms with Gasteiger partial charge in [-0.25, -0.2) is 18.0 Å². The summed E-state index contributed by atoms with van der Waals surface area (Å²) in [5.74, 6) is -3.86. The Kier molecular flexibility index (Phi) is 6.66. The van der Waals surface area contributed by atoms with Crippen molar-refractivity contribution in [2.75, 3.05) is 23.9 Å². The van der Waals surface area contributed by atoms with Gasteiger partial charge < -0.3 is 15.7 Å². The number of carbonyl (C=O) groups excluding carboxylic acids is 1. The fourth-order valence-corrected chi connectivity index (χ4v) is 2.17. The van der Waals surface area contributed by atoms with Gasteiger partial charge in [0.15, 0.2) is 17.5 Å². The van der Waals surface area contributed by atoms with Gasteiger partial charge in [0.2, 0.25) is 0 Å². The summed E-state index contributed by atoms with van der Waals surface area (Å²) >= 11 is 1.47. The Morgan fingerprint density at radius 1 is 1.35 bits per heavy atom. The van der Waals surface area contributed by atoms with Gasteiger partial charge >= 0.3 is 6.03 Å². The monoisotopic (exact) mass is 308 g/mol. The predicted octanol–water partition coefficient (Wildman–Crippen LogP) is 2.34. The molecule has 0 aliphatic rings. The van der Waals surface area contributed by atoms with E-state index in [0.717, 1.165) is 12.1 Å². The van der Waals surface area contributed by atoms with E-state index in [4.69, 9.17) is 5.11 Å². The lowest BCUT2D eigenvalue weighted by Gasteiger charge is -2.17. The molecule has 1 unspecified atom stereocenters. The third-order valence-electron chi connectivity index (χ3n) is 2.46. The first kappa shape index (κ1) is 16.6. The summed E-state index contributed by atoms with van der Waals surface area (Å²) in [7, 11) is 0. The zero-order chi connectivity index (χ0) is 15.1. The number of halogens is 3. The fourth-order valence-electron chi connectivity index (χ4n) is 1.52. The number of nitrogens with one attached hydrogen (secondary N) is 2. The highest BCUT2D eigenvalue weighted by molar-refractivity contribution is 7.98. The van der Waals surface area contributed by atoms with Gasteiger partial charge in [0.25, 0.3) is 0 Å². The van der Waals surface area contributed by atoms with E-state index in [1.54, 1.807) is 0 Å². The molecule has 3 N–H and O–H groups in total. The quantitative estimate of drug-likeness (QED) is 0.707. The minimum atomic E-state index is -1.64. The summed E-state index contributed by atoms with van der Waals surface area (Å²) in [6.45, 7) is -0.106. The third-order valence-corrected chi connectivity index (χ3v) is 3.20. The molecule has 0 heterocycles. The van der Waals surface area contributed by atoms with Gasteiger partial charge in [-0.2, -0.15) is 11.8 Å². The first-order valence-corrected chi connectivity index (χ1v) is 7.19. The van der Waals surface area contributed by atoms with E-state index in [9.17, 15) is 18.0 Å². The maximum Gasteiger partial charge on any atom is 0.319 e. The molecule has 0 saturated heterocycles. The Labute approximate surface area is 118 Å². The van der Waals surface area contributed by atoms with Crippen LogP contribution in [0.2, 0.25) is 0 Å².